The average Bonchev–Trinajstić information content (AvgIpc) is 2.78. The highest BCUT2D eigenvalue weighted by atomic mass is 15.2. The molecule has 1 fully saturated rings. The van der Waals surface area contributed by atoms with Gasteiger partial charge in [0.2, 0.25) is 0 Å². The van der Waals surface area contributed by atoms with Crippen molar-refractivity contribution in [1.29, 1.82) is 0 Å². The minimum Gasteiger partial charge on any atom is -0.315 e. The third kappa shape index (κ3) is 1.82. The second-order valence-electron chi connectivity index (χ2n) is 4.60. The third-order valence-electron chi connectivity index (χ3n) is 3.47. The number of hydrogen-bond acceptors (Lipinski definition) is 3. The maximum absolute atomic E-state index is 4.68. The van der Waals surface area contributed by atoms with E-state index in [9.17, 15) is 0 Å². The van der Waals surface area contributed by atoms with Crippen LogP contribution in [0.5, 0.6) is 0 Å². The largest absolute Gasteiger partial charge is 0.315 e. The SMILES string of the molecule is CCc1nc2cccnc2n1[C@H]1CCCNC1. The van der Waals surface area contributed by atoms with Gasteiger partial charge in [0.25, 0.3) is 0 Å². The third-order valence-corrected chi connectivity index (χ3v) is 3.47. The van der Waals surface area contributed by atoms with E-state index in [1.54, 1.807) is 0 Å². The van der Waals surface area contributed by atoms with E-state index in [0.29, 0.717) is 6.04 Å². The van der Waals surface area contributed by atoms with E-state index < -0.39 is 0 Å². The van der Waals surface area contributed by atoms with Crippen LogP contribution in [-0.2, 0) is 6.42 Å². The molecule has 0 unspecified atom stereocenters. The number of hydrogen-bond donors (Lipinski definition) is 1. The fraction of sp³-hybridized carbons (Fsp3) is 0.538. The van der Waals surface area contributed by atoms with Crippen LogP contribution in [0.2, 0.25) is 0 Å². The highest BCUT2D eigenvalue weighted by molar-refractivity contribution is 5.71. The molecule has 2 aromatic rings. The smallest absolute Gasteiger partial charge is 0.160 e. The monoisotopic (exact) mass is 230 g/mol. The van der Waals surface area contributed by atoms with Gasteiger partial charge in [0, 0.05) is 25.2 Å². The van der Waals surface area contributed by atoms with Gasteiger partial charge in [0.05, 0.1) is 0 Å². The Bertz CT molecular complexity index is 511. The molecule has 0 amide bonds. The molecule has 1 atom stereocenters. The van der Waals surface area contributed by atoms with Gasteiger partial charge < -0.3 is 9.88 Å². The summed E-state index contributed by atoms with van der Waals surface area (Å²) >= 11 is 0. The molecular weight excluding hydrogens is 212 g/mol. The number of imidazole rings is 1. The lowest BCUT2D eigenvalue weighted by Crippen LogP contribution is -2.32. The minimum atomic E-state index is 0.513. The zero-order valence-corrected chi connectivity index (χ0v) is 10.2. The molecule has 0 saturated carbocycles. The van der Waals surface area contributed by atoms with E-state index in [2.05, 4.69) is 26.8 Å². The summed E-state index contributed by atoms with van der Waals surface area (Å²) in [6.45, 7) is 4.33. The van der Waals surface area contributed by atoms with E-state index in [4.69, 9.17) is 0 Å². The molecule has 4 heteroatoms. The lowest BCUT2D eigenvalue weighted by molar-refractivity contribution is 0.369. The Kier molecular flexibility index (Phi) is 2.81. The first-order valence-electron chi connectivity index (χ1n) is 6.42. The Morgan fingerprint density at radius 3 is 3.24 bits per heavy atom. The van der Waals surface area contributed by atoms with Crippen LogP contribution >= 0.6 is 0 Å². The van der Waals surface area contributed by atoms with Crippen LogP contribution in [0.1, 0.15) is 31.6 Å². The van der Waals surface area contributed by atoms with Crippen molar-refractivity contribution in [2.45, 2.75) is 32.2 Å². The van der Waals surface area contributed by atoms with Crippen LogP contribution in [-0.4, -0.2) is 27.6 Å². The van der Waals surface area contributed by atoms with Gasteiger partial charge in [-0.1, -0.05) is 6.92 Å². The zero-order chi connectivity index (χ0) is 11.7. The summed E-state index contributed by atoms with van der Waals surface area (Å²) in [4.78, 5) is 9.18. The molecule has 90 valence electrons. The van der Waals surface area contributed by atoms with Gasteiger partial charge in [-0.25, -0.2) is 9.97 Å². The Labute approximate surface area is 101 Å². The quantitative estimate of drug-likeness (QED) is 0.857. The lowest BCUT2D eigenvalue weighted by Gasteiger charge is -2.25. The van der Waals surface area contributed by atoms with Crippen molar-refractivity contribution in [3.05, 3.63) is 24.2 Å². The number of pyridine rings is 1. The van der Waals surface area contributed by atoms with Crippen molar-refractivity contribution in [1.82, 2.24) is 19.9 Å². The minimum absolute atomic E-state index is 0.513. The molecule has 3 rings (SSSR count). The predicted octanol–water partition coefficient (Wildman–Crippen LogP) is 1.92. The van der Waals surface area contributed by atoms with E-state index in [1.165, 1.54) is 12.8 Å². The van der Waals surface area contributed by atoms with E-state index >= 15 is 0 Å². The Morgan fingerprint density at radius 1 is 1.53 bits per heavy atom. The highest BCUT2D eigenvalue weighted by Crippen LogP contribution is 2.24. The van der Waals surface area contributed by atoms with Crippen LogP contribution < -0.4 is 5.32 Å². The molecule has 0 aromatic carbocycles. The molecular formula is C13H18N4. The number of nitrogens with one attached hydrogen (secondary N) is 1. The van der Waals surface area contributed by atoms with Gasteiger partial charge in [-0.3, -0.25) is 0 Å². The number of piperidine rings is 1. The van der Waals surface area contributed by atoms with E-state index in [1.807, 2.05) is 18.3 Å². The second kappa shape index (κ2) is 4.45. The van der Waals surface area contributed by atoms with Gasteiger partial charge in [-0.2, -0.15) is 0 Å². The molecule has 1 aliphatic heterocycles. The molecule has 0 spiro atoms. The van der Waals surface area contributed by atoms with Gasteiger partial charge in [0.1, 0.15) is 11.3 Å². The topological polar surface area (TPSA) is 42.7 Å². The van der Waals surface area contributed by atoms with Crippen molar-refractivity contribution in [2.24, 2.45) is 0 Å². The summed E-state index contributed by atoms with van der Waals surface area (Å²) < 4.78 is 2.33. The Morgan fingerprint density at radius 2 is 2.47 bits per heavy atom. The van der Waals surface area contributed by atoms with Gasteiger partial charge in [-0.05, 0) is 31.5 Å². The Balaban J connectivity index is 2.11. The summed E-state index contributed by atoms with van der Waals surface area (Å²) in [5.41, 5.74) is 2.06. The second-order valence-corrected chi connectivity index (χ2v) is 4.60. The molecule has 1 N–H and O–H groups in total. The standard InChI is InChI=1S/C13H18N4/c1-2-12-16-11-6-4-8-15-13(11)17(12)10-5-3-7-14-9-10/h4,6,8,10,14H,2-3,5,7,9H2,1H3/t10-/m0/s1. The van der Waals surface area contributed by atoms with Crippen molar-refractivity contribution >= 4 is 11.2 Å². The number of aromatic nitrogens is 3. The van der Waals surface area contributed by atoms with E-state index in [0.717, 1.165) is 36.5 Å². The summed E-state index contributed by atoms with van der Waals surface area (Å²) in [6, 6.07) is 4.52. The maximum Gasteiger partial charge on any atom is 0.160 e. The lowest BCUT2D eigenvalue weighted by atomic mass is 10.1. The number of rotatable bonds is 2. The van der Waals surface area contributed by atoms with Crippen LogP contribution in [0.25, 0.3) is 11.2 Å². The molecule has 0 aliphatic carbocycles. The van der Waals surface area contributed by atoms with Crippen molar-refractivity contribution in [3.63, 3.8) is 0 Å². The van der Waals surface area contributed by atoms with Crippen molar-refractivity contribution < 1.29 is 0 Å². The summed E-state index contributed by atoms with van der Waals surface area (Å²) in [6.07, 6.45) is 5.28. The molecule has 4 nitrogen and oxygen atoms in total. The first-order chi connectivity index (χ1) is 8.40. The van der Waals surface area contributed by atoms with Crippen molar-refractivity contribution in [2.75, 3.05) is 13.1 Å². The molecule has 1 aliphatic rings. The van der Waals surface area contributed by atoms with Crippen molar-refractivity contribution in [3.8, 4) is 0 Å². The van der Waals surface area contributed by atoms with Gasteiger partial charge in [-0.15, -0.1) is 0 Å². The number of fused-ring (bicyclic) bond motifs is 1. The molecule has 17 heavy (non-hydrogen) atoms. The average molecular weight is 230 g/mol. The molecule has 1 saturated heterocycles. The molecule has 0 radical (unpaired) electrons. The number of aryl methyl sites for hydroxylation is 1. The molecule has 0 bridgehead atoms. The van der Waals surface area contributed by atoms with Crippen LogP contribution in [0.3, 0.4) is 0 Å². The predicted molar refractivity (Wildman–Crippen MR) is 68.0 cm³/mol. The Hall–Kier alpha value is -1.42. The molecule has 2 aromatic heterocycles. The van der Waals surface area contributed by atoms with Crippen LogP contribution in [0.15, 0.2) is 18.3 Å². The summed E-state index contributed by atoms with van der Waals surface area (Å²) in [7, 11) is 0. The van der Waals surface area contributed by atoms with Gasteiger partial charge in [0.15, 0.2) is 5.65 Å². The van der Waals surface area contributed by atoms with E-state index in [-0.39, 0.29) is 0 Å². The van der Waals surface area contributed by atoms with Crippen LogP contribution in [0.4, 0.5) is 0 Å². The maximum atomic E-state index is 4.68. The summed E-state index contributed by atoms with van der Waals surface area (Å²) in [5, 5.41) is 3.46. The zero-order valence-electron chi connectivity index (χ0n) is 10.2. The summed E-state index contributed by atoms with van der Waals surface area (Å²) in [5.74, 6) is 1.16. The van der Waals surface area contributed by atoms with Gasteiger partial charge >= 0.3 is 0 Å². The fourth-order valence-electron chi connectivity index (χ4n) is 2.66. The highest BCUT2D eigenvalue weighted by Gasteiger charge is 2.20. The molecule has 3 heterocycles. The van der Waals surface area contributed by atoms with Crippen LogP contribution in [0, 0.1) is 0 Å². The fourth-order valence-corrected chi connectivity index (χ4v) is 2.66. The number of nitrogens with zero attached hydrogens (tertiary/aromatic N) is 3. The first-order valence-corrected chi connectivity index (χ1v) is 6.42. The normalized spacial score (nSPS) is 20.9. The first kappa shape index (κ1) is 10.7.